The molecule has 1 saturated heterocycles. The molecule has 144 valence electrons. The van der Waals surface area contributed by atoms with Crippen molar-refractivity contribution in [1.29, 1.82) is 0 Å². The van der Waals surface area contributed by atoms with E-state index in [1.54, 1.807) is 6.26 Å². The molecular formula is C18H33IN4O2. The molecule has 1 fully saturated rings. The van der Waals surface area contributed by atoms with Crippen LogP contribution in [0, 0.1) is 0 Å². The molecule has 0 amide bonds. The third-order valence-corrected chi connectivity index (χ3v) is 4.35. The first kappa shape index (κ1) is 22.2. The van der Waals surface area contributed by atoms with Crippen LogP contribution in [0.3, 0.4) is 0 Å². The number of rotatable bonds is 10. The van der Waals surface area contributed by atoms with Gasteiger partial charge in [-0.25, -0.2) is 0 Å². The highest BCUT2D eigenvalue weighted by molar-refractivity contribution is 14.0. The van der Waals surface area contributed by atoms with Crippen molar-refractivity contribution < 1.29 is 9.15 Å². The molecule has 25 heavy (non-hydrogen) atoms. The fraction of sp³-hybridized carbons (Fsp3) is 0.722. The van der Waals surface area contributed by atoms with Gasteiger partial charge in [-0.05, 0) is 45.0 Å². The van der Waals surface area contributed by atoms with E-state index in [9.17, 15) is 0 Å². The van der Waals surface area contributed by atoms with E-state index >= 15 is 0 Å². The van der Waals surface area contributed by atoms with Crippen LogP contribution < -0.4 is 10.6 Å². The van der Waals surface area contributed by atoms with Gasteiger partial charge in [0.05, 0.1) is 19.4 Å². The maximum Gasteiger partial charge on any atom is 0.191 e. The van der Waals surface area contributed by atoms with E-state index in [1.807, 2.05) is 19.1 Å². The summed E-state index contributed by atoms with van der Waals surface area (Å²) in [5.41, 5.74) is 0. The molecule has 2 rings (SSSR count). The number of guanidine groups is 1. The van der Waals surface area contributed by atoms with Gasteiger partial charge in [0, 0.05) is 32.2 Å². The highest BCUT2D eigenvalue weighted by atomic mass is 127. The zero-order valence-electron chi connectivity index (χ0n) is 15.5. The Hall–Kier alpha value is -0.800. The van der Waals surface area contributed by atoms with Crippen LogP contribution in [-0.4, -0.2) is 62.8 Å². The van der Waals surface area contributed by atoms with E-state index in [0.29, 0.717) is 12.6 Å². The summed E-state index contributed by atoms with van der Waals surface area (Å²) in [6, 6.07) is 4.49. The Bertz CT molecular complexity index is 468. The molecule has 1 aliphatic rings. The Morgan fingerprint density at radius 3 is 2.92 bits per heavy atom. The van der Waals surface area contributed by atoms with E-state index in [4.69, 9.17) is 14.1 Å². The van der Waals surface area contributed by atoms with Crippen LogP contribution >= 0.6 is 24.0 Å². The summed E-state index contributed by atoms with van der Waals surface area (Å²) in [4.78, 5) is 7.31. The lowest BCUT2D eigenvalue weighted by atomic mass is 10.2. The number of nitrogens with zero attached hydrogens (tertiary/aromatic N) is 2. The molecular weight excluding hydrogens is 431 g/mol. The van der Waals surface area contributed by atoms with Crippen molar-refractivity contribution in [2.75, 3.05) is 45.9 Å². The molecule has 0 aliphatic carbocycles. The summed E-state index contributed by atoms with van der Waals surface area (Å²) in [5.74, 6) is 1.85. The first-order valence-corrected chi connectivity index (χ1v) is 9.19. The maximum atomic E-state index is 5.39. The number of likely N-dealkylation sites (tertiary alicyclic amines) is 1. The highest BCUT2D eigenvalue weighted by Gasteiger charge is 2.22. The second-order valence-electron chi connectivity index (χ2n) is 5.99. The topological polar surface area (TPSA) is 62.0 Å². The lowest BCUT2D eigenvalue weighted by molar-refractivity contribution is 0.152. The molecule has 0 aromatic carbocycles. The van der Waals surface area contributed by atoms with Crippen molar-refractivity contribution in [2.45, 2.75) is 39.2 Å². The summed E-state index contributed by atoms with van der Waals surface area (Å²) >= 11 is 0. The lowest BCUT2D eigenvalue weighted by Crippen LogP contribution is -2.41. The third-order valence-electron chi connectivity index (χ3n) is 4.35. The minimum absolute atomic E-state index is 0. The van der Waals surface area contributed by atoms with Crippen molar-refractivity contribution in [2.24, 2.45) is 4.99 Å². The largest absolute Gasteiger partial charge is 0.469 e. The highest BCUT2D eigenvalue weighted by Crippen LogP contribution is 2.16. The number of nitrogens with one attached hydrogen (secondary N) is 2. The van der Waals surface area contributed by atoms with Gasteiger partial charge in [0.15, 0.2) is 5.96 Å². The van der Waals surface area contributed by atoms with Gasteiger partial charge in [-0.1, -0.05) is 6.92 Å². The lowest BCUT2D eigenvalue weighted by Gasteiger charge is -2.21. The van der Waals surface area contributed by atoms with E-state index in [-0.39, 0.29) is 24.0 Å². The molecule has 1 aromatic heterocycles. The number of halogens is 1. The standard InChI is InChI=1S/C18H32N4O2.HI/c1-3-22-12-5-7-16(22)15-21-18(20-11-14-23-4-2)19-10-9-17-8-6-13-24-17;/h6,8,13,16H,3-5,7,9-12,14-15H2,1-2H3,(H2,19,20,21);1H. The van der Waals surface area contributed by atoms with Crippen molar-refractivity contribution in [3.05, 3.63) is 24.2 Å². The number of hydrogen-bond acceptors (Lipinski definition) is 4. The molecule has 1 aliphatic heterocycles. The van der Waals surface area contributed by atoms with Crippen LogP contribution in [0.5, 0.6) is 0 Å². The molecule has 2 N–H and O–H groups in total. The zero-order valence-corrected chi connectivity index (χ0v) is 17.8. The average molecular weight is 464 g/mol. The van der Waals surface area contributed by atoms with Gasteiger partial charge in [-0.2, -0.15) is 0 Å². The molecule has 6 nitrogen and oxygen atoms in total. The van der Waals surface area contributed by atoms with Gasteiger partial charge in [-0.15, -0.1) is 24.0 Å². The minimum atomic E-state index is 0. The first-order valence-electron chi connectivity index (χ1n) is 9.19. The smallest absolute Gasteiger partial charge is 0.191 e. The normalized spacial score (nSPS) is 18.2. The molecule has 1 aromatic rings. The maximum absolute atomic E-state index is 5.39. The molecule has 7 heteroatoms. The fourth-order valence-electron chi connectivity index (χ4n) is 3.03. The summed E-state index contributed by atoms with van der Waals surface area (Å²) in [5, 5.41) is 6.75. The fourth-order valence-corrected chi connectivity index (χ4v) is 3.03. The van der Waals surface area contributed by atoms with Crippen molar-refractivity contribution in [3.8, 4) is 0 Å². The van der Waals surface area contributed by atoms with Gasteiger partial charge < -0.3 is 19.8 Å². The second-order valence-corrected chi connectivity index (χ2v) is 5.99. The Kier molecular flexibility index (Phi) is 11.9. The van der Waals surface area contributed by atoms with Crippen LogP contribution in [0.25, 0.3) is 0 Å². The van der Waals surface area contributed by atoms with E-state index in [0.717, 1.165) is 50.9 Å². The molecule has 1 unspecified atom stereocenters. The minimum Gasteiger partial charge on any atom is -0.469 e. The van der Waals surface area contributed by atoms with E-state index in [2.05, 4.69) is 22.5 Å². The summed E-state index contributed by atoms with van der Waals surface area (Å²) in [7, 11) is 0. The summed E-state index contributed by atoms with van der Waals surface area (Å²) in [6.45, 7) is 10.4. The molecule has 0 spiro atoms. The van der Waals surface area contributed by atoms with Gasteiger partial charge >= 0.3 is 0 Å². The van der Waals surface area contributed by atoms with Gasteiger partial charge in [0.2, 0.25) is 0 Å². The van der Waals surface area contributed by atoms with Crippen molar-refractivity contribution in [1.82, 2.24) is 15.5 Å². The number of hydrogen-bond donors (Lipinski definition) is 2. The molecule has 0 saturated carbocycles. The van der Waals surface area contributed by atoms with Crippen LogP contribution in [0.4, 0.5) is 0 Å². The quantitative estimate of drug-likeness (QED) is 0.241. The third kappa shape index (κ3) is 8.42. The van der Waals surface area contributed by atoms with Crippen LogP contribution in [0.1, 0.15) is 32.4 Å². The first-order chi connectivity index (χ1) is 11.8. The Morgan fingerprint density at radius 2 is 2.20 bits per heavy atom. The number of furan rings is 1. The van der Waals surface area contributed by atoms with Gasteiger partial charge in [0.25, 0.3) is 0 Å². The van der Waals surface area contributed by atoms with Crippen molar-refractivity contribution >= 4 is 29.9 Å². The Morgan fingerprint density at radius 1 is 1.36 bits per heavy atom. The predicted molar refractivity (Wildman–Crippen MR) is 113 cm³/mol. The van der Waals surface area contributed by atoms with Crippen LogP contribution in [-0.2, 0) is 11.2 Å². The monoisotopic (exact) mass is 464 g/mol. The van der Waals surface area contributed by atoms with Gasteiger partial charge in [-0.3, -0.25) is 9.89 Å². The summed E-state index contributed by atoms with van der Waals surface area (Å²) in [6.07, 6.45) is 5.09. The zero-order chi connectivity index (χ0) is 17.0. The Labute approximate surface area is 168 Å². The van der Waals surface area contributed by atoms with Crippen LogP contribution in [0.15, 0.2) is 27.8 Å². The van der Waals surface area contributed by atoms with E-state index in [1.165, 1.54) is 19.4 Å². The van der Waals surface area contributed by atoms with E-state index < -0.39 is 0 Å². The average Bonchev–Trinajstić information content (AvgIpc) is 3.27. The SMILES string of the molecule is CCOCCNC(=NCC1CCCN1CC)NCCc1ccco1.I. The number of ether oxygens (including phenoxy) is 1. The predicted octanol–water partition coefficient (Wildman–Crippen LogP) is 2.50. The Balaban J connectivity index is 0.00000312. The molecule has 0 radical (unpaired) electrons. The molecule has 1 atom stereocenters. The van der Waals surface area contributed by atoms with Crippen LogP contribution in [0.2, 0.25) is 0 Å². The number of likely N-dealkylation sites (N-methyl/N-ethyl adjacent to an activating group) is 1. The second kappa shape index (κ2) is 13.4. The molecule has 2 heterocycles. The molecule has 0 bridgehead atoms. The summed E-state index contributed by atoms with van der Waals surface area (Å²) < 4.78 is 10.8. The van der Waals surface area contributed by atoms with Crippen molar-refractivity contribution in [3.63, 3.8) is 0 Å². The van der Waals surface area contributed by atoms with Gasteiger partial charge in [0.1, 0.15) is 5.76 Å². The number of aliphatic imine (C=N–C) groups is 1.